The minimum atomic E-state index is 0. The number of hydrogen-bond acceptors (Lipinski definition) is 4. The zero-order chi connectivity index (χ0) is 21.5. The Balaban J connectivity index is 0.00000341. The van der Waals surface area contributed by atoms with E-state index in [0.29, 0.717) is 23.9 Å². The fourth-order valence-electron chi connectivity index (χ4n) is 4.56. The minimum absolute atomic E-state index is 0. The number of aliphatic imine (C=N–C) groups is 1. The minimum Gasteiger partial charge on any atom is -0.497 e. The molecule has 2 N–H and O–H groups in total. The summed E-state index contributed by atoms with van der Waals surface area (Å²) in [4.78, 5) is 9.59. The Morgan fingerprint density at radius 2 is 1.84 bits per heavy atom. The molecule has 2 atom stereocenters. The van der Waals surface area contributed by atoms with Gasteiger partial charge in [-0.05, 0) is 69.3 Å². The number of halogens is 1. The Labute approximate surface area is 206 Å². The largest absolute Gasteiger partial charge is 0.497 e. The molecule has 0 bridgehead atoms. The molecular formula is C24H42IN5O. The molecule has 0 amide bonds. The quantitative estimate of drug-likeness (QED) is 0.314. The van der Waals surface area contributed by atoms with Gasteiger partial charge in [0.15, 0.2) is 5.96 Å². The average molecular weight is 544 g/mol. The maximum atomic E-state index is 5.25. The number of nitrogens with zero attached hydrogens (tertiary/aromatic N) is 3. The summed E-state index contributed by atoms with van der Waals surface area (Å²) < 4.78 is 5.25. The number of ether oxygens (including phenoxy) is 1. The van der Waals surface area contributed by atoms with Crippen molar-refractivity contribution >= 4 is 29.9 Å². The predicted molar refractivity (Wildman–Crippen MR) is 141 cm³/mol. The summed E-state index contributed by atoms with van der Waals surface area (Å²) in [5.41, 5.74) is 1.36. The molecule has 0 spiro atoms. The van der Waals surface area contributed by atoms with Crippen LogP contribution in [-0.2, 0) is 6.54 Å². The normalized spacial score (nSPS) is 23.6. The zero-order valence-corrected chi connectivity index (χ0v) is 22.3. The Hall–Kier alpha value is -1.06. The maximum Gasteiger partial charge on any atom is 0.191 e. The summed E-state index contributed by atoms with van der Waals surface area (Å²) in [6.07, 6.45) is 2.47. The molecule has 2 aliphatic heterocycles. The van der Waals surface area contributed by atoms with Crippen molar-refractivity contribution in [1.82, 2.24) is 20.4 Å². The van der Waals surface area contributed by atoms with Crippen LogP contribution in [-0.4, -0.2) is 74.7 Å². The summed E-state index contributed by atoms with van der Waals surface area (Å²) in [6, 6.07) is 9.54. The van der Waals surface area contributed by atoms with Gasteiger partial charge in [0.1, 0.15) is 5.75 Å². The van der Waals surface area contributed by atoms with Gasteiger partial charge in [0.2, 0.25) is 0 Å². The Morgan fingerprint density at radius 1 is 1.16 bits per heavy atom. The van der Waals surface area contributed by atoms with Crippen LogP contribution < -0.4 is 15.4 Å². The van der Waals surface area contributed by atoms with Crippen LogP contribution in [0.3, 0.4) is 0 Å². The first kappa shape index (κ1) is 26.2. The van der Waals surface area contributed by atoms with Crippen molar-refractivity contribution in [3.8, 4) is 5.75 Å². The lowest BCUT2D eigenvalue weighted by Crippen LogP contribution is -2.48. The van der Waals surface area contributed by atoms with Crippen molar-refractivity contribution in [2.24, 2.45) is 16.8 Å². The van der Waals surface area contributed by atoms with Crippen molar-refractivity contribution in [2.75, 3.05) is 46.9 Å². The van der Waals surface area contributed by atoms with E-state index in [4.69, 9.17) is 4.74 Å². The van der Waals surface area contributed by atoms with Crippen LogP contribution in [0.1, 0.15) is 39.2 Å². The van der Waals surface area contributed by atoms with Crippen LogP contribution >= 0.6 is 24.0 Å². The van der Waals surface area contributed by atoms with E-state index in [-0.39, 0.29) is 24.0 Å². The van der Waals surface area contributed by atoms with Gasteiger partial charge in [0, 0.05) is 45.3 Å². The van der Waals surface area contributed by atoms with Crippen LogP contribution in [0.2, 0.25) is 0 Å². The molecule has 6 nitrogen and oxygen atoms in total. The molecule has 2 aliphatic rings. The molecule has 31 heavy (non-hydrogen) atoms. The molecule has 1 aromatic rings. The van der Waals surface area contributed by atoms with E-state index >= 15 is 0 Å². The lowest BCUT2D eigenvalue weighted by molar-refractivity contribution is 0.178. The molecule has 3 rings (SSSR count). The van der Waals surface area contributed by atoms with E-state index < -0.39 is 0 Å². The molecule has 1 aromatic carbocycles. The fraction of sp³-hybridized carbons (Fsp3) is 0.708. The first-order chi connectivity index (χ1) is 14.5. The number of rotatable bonds is 7. The van der Waals surface area contributed by atoms with E-state index in [1.165, 1.54) is 24.9 Å². The molecule has 0 radical (unpaired) electrons. The van der Waals surface area contributed by atoms with Crippen molar-refractivity contribution in [3.63, 3.8) is 0 Å². The predicted octanol–water partition coefficient (Wildman–Crippen LogP) is 3.42. The second-order valence-corrected chi connectivity index (χ2v) is 9.30. The van der Waals surface area contributed by atoms with Crippen molar-refractivity contribution in [3.05, 3.63) is 29.8 Å². The molecule has 2 saturated heterocycles. The third-order valence-electron chi connectivity index (χ3n) is 6.75. The summed E-state index contributed by atoms with van der Waals surface area (Å²) in [6.45, 7) is 13.5. The highest BCUT2D eigenvalue weighted by Gasteiger charge is 2.31. The topological polar surface area (TPSA) is 52.1 Å². The van der Waals surface area contributed by atoms with Gasteiger partial charge in [-0.3, -0.25) is 14.8 Å². The van der Waals surface area contributed by atoms with Crippen molar-refractivity contribution in [1.29, 1.82) is 0 Å². The smallest absolute Gasteiger partial charge is 0.191 e. The fourth-order valence-corrected chi connectivity index (χ4v) is 4.56. The average Bonchev–Trinajstić information content (AvgIpc) is 3.13. The van der Waals surface area contributed by atoms with E-state index in [0.717, 1.165) is 44.4 Å². The molecule has 0 aromatic heterocycles. The van der Waals surface area contributed by atoms with Gasteiger partial charge < -0.3 is 15.4 Å². The van der Waals surface area contributed by atoms with Crippen LogP contribution in [0, 0.1) is 11.8 Å². The highest BCUT2D eigenvalue weighted by molar-refractivity contribution is 14.0. The molecule has 0 saturated carbocycles. The standard InChI is InChI=1S/C24H41N5O.HI/c1-18(2)29-15-19(3)23(17-29)27-24(25-4)26-14-20-10-12-28(13-11-20)16-21-6-8-22(30-5)9-7-21;/h6-9,18-20,23H,10-17H2,1-5H3,(H2,25,26,27);1H. The van der Waals surface area contributed by atoms with Gasteiger partial charge in [-0.15, -0.1) is 24.0 Å². The molecule has 2 unspecified atom stereocenters. The van der Waals surface area contributed by atoms with Crippen LogP contribution in [0.15, 0.2) is 29.3 Å². The maximum absolute atomic E-state index is 5.25. The summed E-state index contributed by atoms with van der Waals surface area (Å²) in [5.74, 6) is 3.24. The van der Waals surface area contributed by atoms with Gasteiger partial charge in [-0.1, -0.05) is 19.1 Å². The highest BCUT2D eigenvalue weighted by atomic mass is 127. The van der Waals surface area contributed by atoms with Crippen LogP contribution in [0.4, 0.5) is 0 Å². The highest BCUT2D eigenvalue weighted by Crippen LogP contribution is 2.20. The number of guanidine groups is 1. The summed E-state index contributed by atoms with van der Waals surface area (Å²) in [5, 5.41) is 7.26. The lowest BCUT2D eigenvalue weighted by Gasteiger charge is -2.32. The number of hydrogen-bond donors (Lipinski definition) is 2. The second kappa shape index (κ2) is 12.8. The van der Waals surface area contributed by atoms with Crippen molar-refractivity contribution < 1.29 is 4.74 Å². The van der Waals surface area contributed by atoms with E-state index in [1.807, 2.05) is 7.05 Å². The molecule has 2 heterocycles. The van der Waals surface area contributed by atoms with Crippen LogP contribution in [0.5, 0.6) is 5.75 Å². The SMILES string of the molecule is CN=C(NCC1CCN(Cc2ccc(OC)cc2)CC1)NC1CN(C(C)C)CC1C.I. The Morgan fingerprint density at radius 3 is 2.39 bits per heavy atom. The second-order valence-electron chi connectivity index (χ2n) is 9.30. The molecule has 7 heteroatoms. The van der Waals surface area contributed by atoms with E-state index in [1.54, 1.807) is 7.11 Å². The zero-order valence-electron chi connectivity index (χ0n) is 19.9. The van der Waals surface area contributed by atoms with Gasteiger partial charge in [0.05, 0.1) is 7.11 Å². The Bertz CT molecular complexity index is 673. The lowest BCUT2D eigenvalue weighted by atomic mass is 9.96. The molecular weight excluding hydrogens is 501 g/mol. The third-order valence-corrected chi connectivity index (χ3v) is 6.75. The number of piperidine rings is 1. The molecule has 0 aliphatic carbocycles. The van der Waals surface area contributed by atoms with E-state index in [2.05, 4.69) is 70.5 Å². The van der Waals surface area contributed by atoms with Gasteiger partial charge in [0.25, 0.3) is 0 Å². The number of likely N-dealkylation sites (tertiary alicyclic amines) is 2. The first-order valence-corrected chi connectivity index (χ1v) is 11.5. The van der Waals surface area contributed by atoms with Gasteiger partial charge in [-0.2, -0.15) is 0 Å². The number of methoxy groups -OCH3 is 1. The summed E-state index contributed by atoms with van der Waals surface area (Å²) in [7, 11) is 3.60. The Kier molecular flexibility index (Phi) is 10.9. The van der Waals surface area contributed by atoms with E-state index in [9.17, 15) is 0 Å². The van der Waals surface area contributed by atoms with Crippen molar-refractivity contribution in [2.45, 2.75) is 52.2 Å². The molecule has 2 fully saturated rings. The van der Waals surface area contributed by atoms with Gasteiger partial charge >= 0.3 is 0 Å². The monoisotopic (exact) mass is 543 g/mol. The third kappa shape index (κ3) is 7.79. The first-order valence-electron chi connectivity index (χ1n) is 11.5. The number of nitrogens with one attached hydrogen (secondary N) is 2. The van der Waals surface area contributed by atoms with Crippen LogP contribution in [0.25, 0.3) is 0 Å². The van der Waals surface area contributed by atoms with Gasteiger partial charge in [-0.25, -0.2) is 0 Å². The number of benzene rings is 1. The molecule has 176 valence electrons. The summed E-state index contributed by atoms with van der Waals surface area (Å²) >= 11 is 0.